The zero-order valence-corrected chi connectivity index (χ0v) is 10.1. The molecule has 0 aromatic heterocycles. The van der Waals surface area contributed by atoms with E-state index in [-0.39, 0.29) is 0 Å². The van der Waals surface area contributed by atoms with Crippen molar-refractivity contribution < 1.29 is 0 Å². The average molecular weight is 215 g/mol. The molecule has 1 fully saturated rings. The summed E-state index contributed by atoms with van der Waals surface area (Å²) in [5.41, 5.74) is 1.43. The maximum absolute atomic E-state index is 2.60. The van der Waals surface area contributed by atoms with Gasteiger partial charge >= 0.3 is 0 Å². The van der Waals surface area contributed by atoms with Crippen LogP contribution in [0.3, 0.4) is 0 Å². The Hall–Kier alpha value is -1.08. The van der Waals surface area contributed by atoms with Crippen molar-refractivity contribution in [1.82, 2.24) is 4.90 Å². The molecular formula is C15H21N. The highest BCUT2D eigenvalue weighted by atomic mass is 15.2. The van der Waals surface area contributed by atoms with E-state index < -0.39 is 0 Å². The Bertz CT molecular complexity index is 329. The van der Waals surface area contributed by atoms with Crippen molar-refractivity contribution in [2.45, 2.75) is 38.8 Å². The van der Waals surface area contributed by atoms with Gasteiger partial charge < -0.3 is 0 Å². The number of benzene rings is 1. The summed E-state index contributed by atoms with van der Waals surface area (Å²) in [7, 11) is 0. The van der Waals surface area contributed by atoms with Gasteiger partial charge in [0, 0.05) is 12.6 Å². The molecule has 2 rings (SSSR count). The Labute approximate surface area is 98.8 Å². The highest BCUT2D eigenvalue weighted by Crippen LogP contribution is 2.20. The predicted molar refractivity (Wildman–Crippen MR) is 69.3 cm³/mol. The van der Waals surface area contributed by atoms with Gasteiger partial charge in [0.25, 0.3) is 0 Å². The van der Waals surface area contributed by atoms with E-state index in [0.29, 0.717) is 6.04 Å². The number of hydrogen-bond acceptors (Lipinski definition) is 1. The van der Waals surface area contributed by atoms with E-state index >= 15 is 0 Å². The number of piperidine rings is 1. The van der Waals surface area contributed by atoms with Gasteiger partial charge in [0.1, 0.15) is 0 Å². The second kappa shape index (κ2) is 5.86. The van der Waals surface area contributed by atoms with Crippen molar-refractivity contribution in [3.8, 4) is 0 Å². The highest BCUT2D eigenvalue weighted by molar-refractivity contribution is 5.15. The Morgan fingerprint density at radius 2 is 2.06 bits per heavy atom. The van der Waals surface area contributed by atoms with Gasteiger partial charge in [-0.2, -0.15) is 0 Å². The molecule has 0 amide bonds. The minimum absolute atomic E-state index is 0.652. The van der Waals surface area contributed by atoms with E-state index in [2.05, 4.69) is 54.3 Å². The van der Waals surface area contributed by atoms with Crippen LogP contribution < -0.4 is 0 Å². The van der Waals surface area contributed by atoms with Gasteiger partial charge in [-0.3, -0.25) is 4.90 Å². The van der Waals surface area contributed by atoms with Crippen LogP contribution >= 0.6 is 0 Å². The average Bonchev–Trinajstić information content (AvgIpc) is 2.33. The molecule has 1 atom stereocenters. The van der Waals surface area contributed by atoms with Crippen molar-refractivity contribution in [2.24, 2.45) is 0 Å². The number of nitrogens with zero attached hydrogens (tertiary/aromatic N) is 1. The molecule has 1 aliphatic heterocycles. The Balaban J connectivity index is 2.01. The Kier molecular flexibility index (Phi) is 4.17. The lowest BCUT2D eigenvalue weighted by Crippen LogP contribution is -2.37. The Morgan fingerprint density at radius 3 is 2.81 bits per heavy atom. The number of allylic oxidation sites excluding steroid dienone is 1. The first kappa shape index (κ1) is 11.4. The van der Waals surface area contributed by atoms with E-state index in [1.165, 1.54) is 31.4 Å². The van der Waals surface area contributed by atoms with Crippen molar-refractivity contribution >= 4 is 0 Å². The summed E-state index contributed by atoms with van der Waals surface area (Å²) in [6.07, 6.45) is 8.58. The normalized spacial score (nSPS) is 22.7. The first-order valence-corrected chi connectivity index (χ1v) is 6.31. The number of hydrogen-bond donors (Lipinski definition) is 0. The van der Waals surface area contributed by atoms with Crippen LogP contribution in [0.5, 0.6) is 0 Å². The van der Waals surface area contributed by atoms with E-state index in [1.54, 1.807) is 0 Å². The molecular weight excluding hydrogens is 194 g/mol. The molecule has 1 aliphatic rings. The molecule has 1 nitrogen and oxygen atoms in total. The topological polar surface area (TPSA) is 3.24 Å². The lowest BCUT2D eigenvalue weighted by Gasteiger charge is -2.34. The summed E-state index contributed by atoms with van der Waals surface area (Å²) < 4.78 is 0. The largest absolute Gasteiger partial charge is 0.293 e. The molecule has 0 aliphatic carbocycles. The van der Waals surface area contributed by atoms with E-state index in [1.807, 2.05) is 0 Å². The van der Waals surface area contributed by atoms with Crippen molar-refractivity contribution in [1.29, 1.82) is 0 Å². The maximum Gasteiger partial charge on any atom is 0.0281 e. The fourth-order valence-electron chi connectivity index (χ4n) is 2.47. The van der Waals surface area contributed by atoms with E-state index in [9.17, 15) is 0 Å². The second-order valence-corrected chi connectivity index (χ2v) is 4.54. The predicted octanol–water partition coefficient (Wildman–Crippen LogP) is 3.62. The van der Waals surface area contributed by atoms with Crippen LogP contribution in [0.25, 0.3) is 0 Å². The standard InChI is InChI=1S/C15H21N/c1-2-8-15-11-6-7-12-16(15)13-14-9-4-3-5-10-14/h2-5,8-10,15H,6-7,11-13H2,1H3/b8-2+/t15-/m1/s1. The maximum atomic E-state index is 2.60. The highest BCUT2D eigenvalue weighted by Gasteiger charge is 2.19. The van der Waals surface area contributed by atoms with Gasteiger partial charge in [-0.15, -0.1) is 0 Å². The molecule has 1 aromatic rings. The zero-order chi connectivity index (χ0) is 11.2. The summed E-state index contributed by atoms with van der Waals surface area (Å²) in [6, 6.07) is 11.4. The van der Waals surface area contributed by atoms with Crippen LogP contribution in [-0.2, 0) is 6.54 Å². The van der Waals surface area contributed by atoms with Gasteiger partial charge in [-0.1, -0.05) is 48.9 Å². The van der Waals surface area contributed by atoms with Crippen LogP contribution in [0.2, 0.25) is 0 Å². The molecule has 0 N–H and O–H groups in total. The zero-order valence-electron chi connectivity index (χ0n) is 10.1. The molecule has 1 heterocycles. The monoisotopic (exact) mass is 215 g/mol. The third-order valence-corrected chi connectivity index (χ3v) is 3.31. The van der Waals surface area contributed by atoms with E-state index in [0.717, 1.165) is 6.54 Å². The molecule has 86 valence electrons. The van der Waals surface area contributed by atoms with Crippen molar-refractivity contribution in [2.75, 3.05) is 6.54 Å². The summed E-state index contributed by atoms with van der Waals surface area (Å²) in [5, 5.41) is 0. The quantitative estimate of drug-likeness (QED) is 0.696. The van der Waals surface area contributed by atoms with Crippen LogP contribution in [0.1, 0.15) is 31.7 Å². The number of likely N-dealkylation sites (tertiary alicyclic amines) is 1. The molecule has 1 aromatic carbocycles. The third-order valence-electron chi connectivity index (χ3n) is 3.31. The fraction of sp³-hybridized carbons (Fsp3) is 0.467. The lowest BCUT2D eigenvalue weighted by atomic mass is 10.0. The fourth-order valence-corrected chi connectivity index (χ4v) is 2.47. The summed E-state index contributed by atoms with van der Waals surface area (Å²) in [6.45, 7) is 4.45. The van der Waals surface area contributed by atoms with Crippen LogP contribution in [0.4, 0.5) is 0 Å². The SMILES string of the molecule is C/C=C/[C@@H]1CCCCN1Cc1ccccc1. The van der Waals surface area contributed by atoms with E-state index in [4.69, 9.17) is 0 Å². The second-order valence-electron chi connectivity index (χ2n) is 4.54. The van der Waals surface area contributed by atoms with Crippen molar-refractivity contribution in [3.63, 3.8) is 0 Å². The minimum Gasteiger partial charge on any atom is -0.293 e. The molecule has 0 bridgehead atoms. The van der Waals surface area contributed by atoms with Gasteiger partial charge in [-0.05, 0) is 31.9 Å². The molecule has 1 saturated heterocycles. The van der Waals surface area contributed by atoms with Crippen molar-refractivity contribution in [3.05, 3.63) is 48.0 Å². The minimum atomic E-state index is 0.652. The molecule has 0 radical (unpaired) electrons. The first-order chi connectivity index (χ1) is 7.90. The van der Waals surface area contributed by atoms with Gasteiger partial charge in [0.15, 0.2) is 0 Å². The summed E-state index contributed by atoms with van der Waals surface area (Å²) >= 11 is 0. The number of rotatable bonds is 3. The van der Waals surface area contributed by atoms with Gasteiger partial charge in [0.2, 0.25) is 0 Å². The van der Waals surface area contributed by atoms with Crippen LogP contribution in [0.15, 0.2) is 42.5 Å². The van der Waals surface area contributed by atoms with Gasteiger partial charge in [-0.25, -0.2) is 0 Å². The molecule has 0 saturated carbocycles. The lowest BCUT2D eigenvalue weighted by molar-refractivity contribution is 0.171. The molecule has 1 heteroatoms. The summed E-state index contributed by atoms with van der Waals surface area (Å²) in [4.78, 5) is 2.60. The smallest absolute Gasteiger partial charge is 0.0281 e. The van der Waals surface area contributed by atoms with Crippen LogP contribution in [-0.4, -0.2) is 17.5 Å². The van der Waals surface area contributed by atoms with Gasteiger partial charge in [0.05, 0.1) is 0 Å². The molecule has 0 spiro atoms. The van der Waals surface area contributed by atoms with Crippen LogP contribution in [0, 0.1) is 0 Å². The summed E-state index contributed by atoms with van der Waals surface area (Å²) in [5.74, 6) is 0. The first-order valence-electron chi connectivity index (χ1n) is 6.31. The molecule has 16 heavy (non-hydrogen) atoms. The third kappa shape index (κ3) is 2.96. The molecule has 0 unspecified atom stereocenters. The Morgan fingerprint density at radius 1 is 1.25 bits per heavy atom.